The number of hydrogen-bond acceptors (Lipinski definition) is 3. The number of para-hydroxylation sites is 1. The molecule has 82 valence electrons. The summed E-state index contributed by atoms with van der Waals surface area (Å²) in [7, 11) is 0. The zero-order valence-corrected chi connectivity index (χ0v) is 9.46. The maximum atomic E-state index is 11.2. The smallest absolute Gasteiger partial charge is 0.250 e. The summed E-state index contributed by atoms with van der Waals surface area (Å²) in [5.74, 6) is -0.408. The third-order valence-corrected chi connectivity index (χ3v) is 3.10. The summed E-state index contributed by atoms with van der Waals surface area (Å²) in [6, 6.07) is 11.3. The highest BCUT2D eigenvalue weighted by atomic mass is 32.1. The standard InChI is InChI=1S/C12H12N2OS/c13-12(15)10-5-1-2-6-11(10)14-8-9-4-3-7-16-9/h1-7,14H,8H2,(H2,13,15). The van der Waals surface area contributed by atoms with Gasteiger partial charge in [0.25, 0.3) is 5.91 Å². The van der Waals surface area contributed by atoms with E-state index in [0.29, 0.717) is 12.1 Å². The maximum Gasteiger partial charge on any atom is 0.250 e. The van der Waals surface area contributed by atoms with Crippen molar-refractivity contribution >= 4 is 22.9 Å². The van der Waals surface area contributed by atoms with E-state index in [9.17, 15) is 4.79 Å². The van der Waals surface area contributed by atoms with Gasteiger partial charge in [-0.15, -0.1) is 11.3 Å². The Balaban J connectivity index is 2.12. The van der Waals surface area contributed by atoms with Gasteiger partial charge in [0.15, 0.2) is 0 Å². The Kier molecular flexibility index (Phi) is 3.22. The quantitative estimate of drug-likeness (QED) is 0.850. The predicted octanol–water partition coefficient (Wildman–Crippen LogP) is 2.46. The molecule has 0 saturated heterocycles. The highest BCUT2D eigenvalue weighted by Gasteiger charge is 2.06. The summed E-state index contributed by atoms with van der Waals surface area (Å²) in [6.07, 6.45) is 0. The Bertz CT molecular complexity index is 480. The minimum atomic E-state index is -0.408. The first-order chi connectivity index (χ1) is 7.77. The summed E-state index contributed by atoms with van der Waals surface area (Å²) in [5, 5.41) is 5.23. The second-order valence-electron chi connectivity index (χ2n) is 3.34. The van der Waals surface area contributed by atoms with Gasteiger partial charge < -0.3 is 11.1 Å². The summed E-state index contributed by atoms with van der Waals surface area (Å²) in [5.41, 5.74) is 6.60. The highest BCUT2D eigenvalue weighted by Crippen LogP contribution is 2.17. The van der Waals surface area contributed by atoms with Crippen LogP contribution in [0.1, 0.15) is 15.2 Å². The van der Waals surface area contributed by atoms with Gasteiger partial charge in [-0.3, -0.25) is 4.79 Å². The van der Waals surface area contributed by atoms with Gasteiger partial charge in [-0.05, 0) is 23.6 Å². The van der Waals surface area contributed by atoms with Crippen LogP contribution in [0.5, 0.6) is 0 Å². The van der Waals surface area contributed by atoms with Crippen LogP contribution in [-0.2, 0) is 6.54 Å². The number of carbonyl (C=O) groups is 1. The molecule has 1 aromatic carbocycles. The van der Waals surface area contributed by atoms with Crippen molar-refractivity contribution in [3.05, 3.63) is 52.2 Å². The Labute approximate surface area is 97.9 Å². The number of benzene rings is 1. The highest BCUT2D eigenvalue weighted by molar-refractivity contribution is 7.09. The Morgan fingerprint density at radius 2 is 2.06 bits per heavy atom. The maximum absolute atomic E-state index is 11.2. The van der Waals surface area contributed by atoms with Gasteiger partial charge in [-0.25, -0.2) is 0 Å². The van der Waals surface area contributed by atoms with Gasteiger partial charge in [-0.2, -0.15) is 0 Å². The molecule has 0 unspecified atom stereocenters. The largest absolute Gasteiger partial charge is 0.380 e. The SMILES string of the molecule is NC(=O)c1ccccc1NCc1cccs1. The van der Waals surface area contributed by atoms with Crippen LogP contribution in [0.3, 0.4) is 0 Å². The number of thiophene rings is 1. The van der Waals surface area contributed by atoms with Crippen molar-refractivity contribution in [2.24, 2.45) is 5.73 Å². The predicted molar refractivity (Wildman–Crippen MR) is 66.6 cm³/mol. The minimum Gasteiger partial charge on any atom is -0.380 e. The van der Waals surface area contributed by atoms with Crippen LogP contribution in [0.2, 0.25) is 0 Å². The van der Waals surface area contributed by atoms with Gasteiger partial charge in [0.05, 0.1) is 5.56 Å². The van der Waals surface area contributed by atoms with E-state index < -0.39 is 5.91 Å². The zero-order chi connectivity index (χ0) is 11.4. The van der Waals surface area contributed by atoms with Crippen LogP contribution < -0.4 is 11.1 Å². The Morgan fingerprint density at radius 3 is 2.75 bits per heavy atom. The first-order valence-corrected chi connectivity index (χ1v) is 5.80. The molecule has 0 fully saturated rings. The van der Waals surface area contributed by atoms with Crippen LogP contribution in [-0.4, -0.2) is 5.91 Å². The molecule has 0 bridgehead atoms. The molecule has 2 rings (SSSR count). The lowest BCUT2D eigenvalue weighted by molar-refractivity contribution is 0.100. The fourth-order valence-corrected chi connectivity index (χ4v) is 2.09. The summed E-state index contributed by atoms with van der Waals surface area (Å²) in [6.45, 7) is 0.710. The number of hydrogen-bond donors (Lipinski definition) is 2. The molecule has 4 heteroatoms. The first-order valence-electron chi connectivity index (χ1n) is 4.92. The molecule has 3 nitrogen and oxygen atoms in total. The number of rotatable bonds is 4. The first kappa shape index (κ1) is 10.7. The van der Waals surface area contributed by atoms with E-state index in [1.165, 1.54) is 4.88 Å². The van der Waals surface area contributed by atoms with Gasteiger partial charge in [0.2, 0.25) is 0 Å². The van der Waals surface area contributed by atoms with E-state index in [2.05, 4.69) is 5.32 Å². The molecule has 0 atom stereocenters. The average molecular weight is 232 g/mol. The van der Waals surface area contributed by atoms with E-state index in [1.807, 2.05) is 29.6 Å². The van der Waals surface area contributed by atoms with Crippen LogP contribution in [0.25, 0.3) is 0 Å². The van der Waals surface area contributed by atoms with Crippen molar-refractivity contribution in [2.45, 2.75) is 6.54 Å². The van der Waals surface area contributed by atoms with Crippen LogP contribution in [0.15, 0.2) is 41.8 Å². The van der Waals surface area contributed by atoms with Gasteiger partial charge >= 0.3 is 0 Å². The lowest BCUT2D eigenvalue weighted by atomic mass is 10.1. The summed E-state index contributed by atoms with van der Waals surface area (Å²) in [4.78, 5) is 12.4. The molecular formula is C12H12N2OS. The van der Waals surface area contributed by atoms with Crippen LogP contribution >= 0.6 is 11.3 Å². The van der Waals surface area contributed by atoms with Crippen molar-refractivity contribution in [1.82, 2.24) is 0 Å². The number of carbonyl (C=O) groups excluding carboxylic acids is 1. The average Bonchev–Trinajstić information content (AvgIpc) is 2.79. The molecule has 2 aromatic rings. The third-order valence-electron chi connectivity index (χ3n) is 2.23. The number of anilines is 1. The summed E-state index contributed by atoms with van der Waals surface area (Å²) < 4.78 is 0. The van der Waals surface area contributed by atoms with E-state index in [0.717, 1.165) is 5.69 Å². The molecule has 0 aliphatic carbocycles. The van der Waals surface area contributed by atoms with E-state index in [4.69, 9.17) is 5.73 Å². The van der Waals surface area contributed by atoms with Crippen LogP contribution in [0, 0.1) is 0 Å². The lowest BCUT2D eigenvalue weighted by Gasteiger charge is -2.08. The number of nitrogens with two attached hydrogens (primary N) is 1. The van der Waals surface area contributed by atoms with Crippen molar-refractivity contribution in [3.8, 4) is 0 Å². The number of amides is 1. The molecule has 0 aliphatic heterocycles. The van der Waals surface area contributed by atoms with E-state index >= 15 is 0 Å². The summed E-state index contributed by atoms with van der Waals surface area (Å²) >= 11 is 1.68. The monoisotopic (exact) mass is 232 g/mol. The second-order valence-corrected chi connectivity index (χ2v) is 4.37. The molecule has 1 heterocycles. The fourth-order valence-electron chi connectivity index (χ4n) is 1.45. The fraction of sp³-hybridized carbons (Fsp3) is 0.0833. The molecule has 3 N–H and O–H groups in total. The molecule has 0 aliphatic rings. The third kappa shape index (κ3) is 2.41. The molecule has 0 spiro atoms. The van der Waals surface area contributed by atoms with Gasteiger partial charge in [0, 0.05) is 17.1 Å². The molecule has 0 saturated carbocycles. The Hall–Kier alpha value is -1.81. The number of nitrogens with one attached hydrogen (secondary N) is 1. The van der Waals surface area contributed by atoms with E-state index in [-0.39, 0.29) is 0 Å². The van der Waals surface area contributed by atoms with Gasteiger partial charge in [-0.1, -0.05) is 18.2 Å². The lowest BCUT2D eigenvalue weighted by Crippen LogP contribution is -2.14. The molecular weight excluding hydrogens is 220 g/mol. The molecule has 1 amide bonds. The van der Waals surface area contributed by atoms with Gasteiger partial charge in [0.1, 0.15) is 0 Å². The zero-order valence-electron chi connectivity index (χ0n) is 8.64. The minimum absolute atomic E-state index is 0.408. The molecule has 0 radical (unpaired) electrons. The van der Waals surface area contributed by atoms with Crippen molar-refractivity contribution in [2.75, 3.05) is 5.32 Å². The second kappa shape index (κ2) is 4.81. The number of primary amides is 1. The van der Waals surface area contributed by atoms with Crippen molar-refractivity contribution in [3.63, 3.8) is 0 Å². The van der Waals surface area contributed by atoms with Crippen molar-refractivity contribution < 1.29 is 4.79 Å². The van der Waals surface area contributed by atoms with Crippen molar-refractivity contribution in [1.29, 1.82) is 0 Å². The molecule has 1 aromatic heterocycles. The van der Waals surface area contributed by atoms with Crippen LogP contribution in [0.4, 0.5) is 5.69 Å². The van der Waals surface area contributed by atoms with E-state index in [1.54, 1.807) is 23.5 Å². The Morgan fingerprint density at radius 1 is 1.25 bits per heavy atom. The normalized spacial score (nSPS) is 10.0. The molecule has 16 heavy (non-hydrogen) atoms. The topological polar surface area (TPSA) is 55.1 Å².